The van der Waals surface area contributed by atoms with Gasteiger partial charge >= 0.3 is 0 Å². The third-order valence-electron chi connectivity index (χ3n) is 2.76. The fraction of sp³-hybridized carbons (Fsp3) is 0.308. The molecular weight excluding hydrogens is 230 g/mol. The molecule has 2 aromatic rings. The summed E-state index contributed by atoms with van der Waals surface area (Å²) in [6.45, 7) is 0. The first-order chi connectivity index (χ1) is 8.38. The average Bonchev–Trinajstić information content (AvgIpc) is 2.88. The van der Waals surface area contributed by atoms with Gasteiger partial charge in [-0.25, -0.2) is 4.98 Å². The van der Waals surface area contributed by atoms with E-state index >= 15 is 0 Å². The number of benzene rings is 1. The molecule has 0 aliphatic heterocycles. The largest absolute Gasteiger partial charge is 0.271 e. The summed E-state index contributed by atoms with van der Waals surface area (Å²) in [5.41, 5.74) is 4.23. The number of thiazole rings is 1. The van der Waals surface area contributed by atoms with Crippen LogP contribution in [0.25, 0.3) is 0 Å². The molecule has 90 valence electrons. The molecule has 3 N–H and O–H groups in total. The van der Waals surface area contributed by atoms with E-state index in [2.05, 4.69) is 34.7 Å². The van der Waals surface area contributed by atoms with Gasteiger partial charge in [0.1, 0.15) is 0 Å². The lowest BCUT2D eigenvalue weighted by Crippen LogP contribution is -2.37. The van der Waals surface area contributed by atoms with Crippen molar-refractivity contribution in [2.24, 2.45) is 5.84 Å². The van der Waals surface area contributed by atoms with Gasteiger partial charge in [0.15, 0.2) is 0 Å². The zero-order valence-electron chi connectivity index (χ0n) is 9.67. The minimum atomic E-state index is 0.293. The summed E-state index contributed by atoms with van der Waals surface area (Å²) >= 11 is 1.68. The van der Waals surface area contributed by atoms with Crippen LogP contribution in [0, 0.1) is 0 Å². The van der Waals surface area contributed by atoms with Gasteiger partial charge in [0.05, 0.1) is 5.01 Å². The number of hydrogen-bond acceptors (Lipinski definition) is 4. The van der Waals surface area contributed by atoms with E-state index < -0.39 is 0 Å². The summed E-state index contributed by atoms with van der Waals surface area (Å²) in [4.78, 5) is 4.28. The fourth-order valence-corrected chi connectivity index (χ4v) is 2.49. The predicted molar refractivity (Wildman–Crippen MR) is 71.7 cm³/mol. The Balaban J connectivity index is 1.84. The van der Waals surface area contributed by atoms with Crippen molar-refractivity contribution in [3.63, 3.8) is 0 Å². The molecule has 4 heteroatoms. The highest BCUT2D eigenvalue weighted by atomic mass is 32.1. The van der Waals surface area contributed by atoms with Crippen molar-refractivity contribution in [1.29, 1.82) is 0 Å². The first-order valence-corrected chi connectivity index (χ1v) is 6.65. The molecule has 17 heavy (non-hydrogen) atoms. The number of nitrogens with zero attached hydrogens (tertiary/aromatic N) is 1. The molecule has 0 fully saturated rings. The van der Waals surface area contributed by atoms with Gasteiger partial charge in [0, 0.05) is 24.0 Å². The maximum atomic E-state index is 5.58. The molecule has 1 atom stereocenters. The molecule has 0 radical (unpaired) electrons. The van der Waals surface area contributed by atoms with E-state index in [1.54, 1.807) is 11.3 Å². The Morgan fingerprint density at radius 2 is 2.12 bits per heavy atom. The number of hydrogen-bond donors (Lipinski definition) is 2. The molecule has 0 saturated carbocycles. The van der Waals surface area contributed by atoms with Gasteiger partial charge in [-0.1, -0.05) is 30.3 Å². The van der Waals surface area contributed by atoms with E-state index in [0.717, 1.165) is 24.3 Å². The number of hydrazine groups is 1. The third-order valence-corrected chi connectivity index (χ3v) is 3.57. The Bertz CT molecular complexity index is 413. The van der Waals surface area contributed by atoms with Crippen LogP contribution in [-0.2, 0) is 12.8 Å². The zero-order valence-corrected chi connectivity index (χ0v) is 10.5. The van der Waals surface area contributed by atoms with Gasteiger partial charge in [-0.2, -0.15) is 0 Å². The highest BCUT2D eigenvalue weighted by molar-refractivity contribution is 7.09. The van der Waals surface area contributed by atoms with Crippen LogP contribution in [0.1, 0.15) is 17.0 Å². The number of nitrogens with two attached hydrogens (primary N) is 1. The molecule has 2 rings (SSSR count). The van der Waals surface area contributed by atoms with Gasteiger partial charge in [-0.15, -0.1) is 11.3 Å². The summed E-state index contributed by atoms with van der Waals surface area (Å²) in [5.74, 6) is 5.58. The van der Waals surface area contributed by atoms with Gasteiger partial charge in [-0.05, 0) is 18.4 Å². The zero-order chi connectivity index (χ0) is 11.9. The van der Waals surface area contributed by atoms with Crippen LogP contribution in [0.2, 0.25) is 0 Å². The highest BCUT2D eigenvalue weighted by Gasteiger charge is 2.09. The predicted octanol–water partition coefficient (Wildman–Crippen LogP) is 2.15. The quantitative estimate of drug-likeness (QED) is 0.607. The number of rotatable bonds is 6. The van der Waals surface area contributed by atoms with Crippen molar-refractivity contribution in [2.75, 3.05) is 0 Å². The Hall–Kier alpha value is -1.23. The van der Waals surface area contributed by atoms with Crippen molar-refractivity contribution in [3.8, 4) is 0 Å². The Morgan fingerprint density at radius 3 is 2.76 bits per heavy atom. The molecule has 1 aromatic heterocycles. The van der Waals surface area contributed by atoms with Crippen molar-refractivity contribution in [1.82, 2.24) is 10.4 Å². The maximum Gasteiger partial charge on any atom is 0.0940 e. The van der Waals surface area contributed by atoms with Crippen molar-refractivity contribution >= 4 is 11.3 Å². The van der Waals surface area contributed by atoms with Crippen LogP contribution >= 0.6 is 11.3 Å². The fourth-order valence-electron chi connectivity index (χ4n) is 1.79. The first kappa shape index (κ1) is 12.2. The van der Waals surface area contributed by atoms with Crippen LogP contribution < -0.4 is 11.3 Å². The number of aromatic nitrogens is 1. The SMILES string of the molecule is NNC(CCc1ccccc1)Cc1nccs1. The van der Waals surface area contributed by atoms with Crippen LogP contribution in [-0.4, -0.2) is 11.0 Å². The van der Waals surface area contributed by atoms with Crippen molar-refractivity contribution in [2.45, 2.75) is 25.3 Å². The molecule has 1 unspecified atom stereocenters. The number of nitrogens with one attached hydrogen (secondary N) is 1. The minimum absolute atomic E-state index is 0.293. The summed E-state index contributed by atoms with van der Waals surface area (Å²) in [6.07, 6.45) is 4.81. The molecule has 0 bridgehead atoms. The van der Waals surface area contributed by atoms with Crippen LogP contribution in [0.5, 0.6) is 0 Å². The van der Waals surface area contributed by atoms with E-state index in [9.17, 15) is 0 Å². The Labute approximate surface area is 106 Å². The van der Waals surface area contributed by atoms with Crippen LogP contribution in [0.3, 0.4) is 0 Å². The molecule has 1 heterocycles. The van der Waals surface area contributed by atoms with Crippen molar-refractivity contribution in [3.05, 3.63) is 52.5 Å². The molecule has 0 amide bonds. The molecule has 1 aromatic carbocycles. The topological polar surface area (TPSA) is 50.9 Å². The molecule has 0 aliphatic carbocycles. The lowest BCUT2D eigenvalue weighted by Gasteiger charge is -2.14. The summed E-state index contributed by atoms with van der Waals surface area (Å²) < 4.78 is 0. The second kappa shape index (κ2) is 6.49. The van der Waals surface area contributed by atoms with Gasteiger partial charge < -0.3 is 0 Å². The number of aryl methyl sites for hydroxylation is 1. The minimum Gasteiger partial charge on any atom is -0.271 e. The van der Waals surface area contributed by atoms with Crippen LogP contribution in [0.15, 0.2) is 41.9 Å². The molecule has 0 spiro atoms. The smallest absolute Gasteiger partial charge is 0.0940 e. The normalized spacial score (nSPS) is 12.5. The molecule has 0 aliphatic rings. The second-order valence-corrected chi connectivity index (χ2v) is 5.00. The van der Waals surface area contributed by atoms with Crippen LogP contribution in [0.4, 0.5) is 0 Å². The standard InChI is InChI=1S/C13H17N3S/c14-16-12(10-13-15-8-9-17-13)7-6-11-4-2-1-3-5-11/h1-5,8-9,12,16H,6-7,10,14H2. The Kier molecular flexibility index (Phi) is 4.67. The van der Waals surface area contributed by atoms with Gasteiger partial charge in [0.25, 0.3) is 0 Å². The molecule has 3 nitrogen and oxygen atoms in total. The molecule has 0 saturated heterocycles. The van der Waals surface area contributed by atoms with E-state index in [-0.39, 0.29) is 0 Å². The maximum absolute atomic E-state index is 5.58. The second-order valence-electron chi connectivity index (χ2n) is 4.02. The monoisotopic (exact) mass is 247 g/mol. The van der Waals surface area contributed by atoms with E-state index in [1.807, 2.05) is 17.6 Å². The lowest BCUT2D eigenvalue weighted by atomic mass is 10.0. The highest BCUT2D eigenvalue weighted by Crippen LogP contribution is 2.11. The third kappa shape index (κ3) is 3.93. The van der Waals surface area contributed by atoms with E-state index in [0.29, 0.717) is 6.04 Å². The Morgan fingerprint density at radius 1 is 1.29 bits per heavy atom. The van der Waals surface area contributed by atoms with E-state index in [1.165, 1.54) is 5.56 Å². The summed E-state index contributed by atoms with van der Waals surface area (Å²) in [5, 5.41) is 3.14. The molecular formula is C13H17N3S. The van der Waals surface area contributed by atoms with Gasteiger partial charge in [-0.3, -0.25) is 11.3 Å². The van der Waals surface area contributed by atoms with Crippen molar-refractivity contribution < 1.29 is 0 Å². The summed E-state index contributed by atoms with van der Waals surface area (Å²) in [6, 6.07) is 10.8. The average molecular weight is 247 g/mol. The van der Waals surface area contributed by atoms with Gasteiger partial charge in [0.2, 0.25) is 0 Å². The summed E-state index contributed by atoms with van der Waals surface area (Å²) in [7, 11) is 0. The first-order valence-electron chi connectivity index (χ1n) is 5.77. The van der Waals surface area contributed by atoms with E-state index in [4.69, 9.17) is 5.84 Å². The lowest BCUT2D eigenvalue weighted by molar-refractivity contribution is 0.490.